The van der Waals surface area contributed by atoms with Gasteiger partial charge in [-0.2, -0.15) is 13.2 Å². The molecule has 1 aromatic rings. The van der Waals surface area contributed by atoms with Crippen LogP contribution >= 0.6 is 11.6 Å². The third-order valence-electron chi connectivity index (χ3n) is 3.70. The summed E-state index contributed by atoms with van der Waals surface area (Å²) < 4.78 is 38.3. The molecule has 21 heavy (non-hydrogen) atoms. The Kier molecular flexibility index (Phi) is 4.87. The molecule has 1 aromatic carbocycles. The molecule has 2 rings (SSSR count). The molecule has 1 N–H and O–H groups in total. The molecule has 1 aliphatic carbocycles. The quantitative estimate of drug-likeness (QED) is 0.698. The van der Waals surface area contributed by atoms with Crippen LogP contribution in [0.1, 0.15) is 32.3 Å². The van der Waals surface area contributed by atoms with Crippen molar-refractivity contribution in [1.82, 2.24) is 0 Å². The van der Waals surface area contributed by atoms with E-state index in [0.29, 0.717) is 24.1 Å². The van der Waals surface area contributed by atoms with E-state index in [4.69, 9.17) is 11.6 Å². The molecule has 0 bridgehead atoms. The topological polar surface area (TPSA) is 12.0 Å². The summed E-state index contributed by atoms with van der Waals surface area (Å²) in [5.74, 6) is 0.967. The first kappa shape index (κ1) is 16.2. The first-order valence-electron chi connectivity index (χ1n) is 7.03. The Balaban J connectivity index is 2.04. The minimum atomic E-state index is -4.37. The van der Waals surface area contributed by atoms with E-state index in [1.807, 2.05) is 0 Å². The van der Waals surface area contributed by atoms with E-state index in [-0.39, 0.29) is 5.02 Å². The Morgan fingerprint density at radius 1 is 1.29 bits per heavy atom. The van der Waals surface area contributed by atoms with Crippen LogP contribution in [0.5, 0.6) is 0 Å². The van der Waals surface area contributed by atoms with Crippen LogP contribution in [0.25, 0.3) is 0 Å². The Bertz CT molecular complexity index is 537. The van der Waals surface area contributed by atoms with Gasteiger partial charge in [0, 0.05) is 17.3 Å². The second kappa shape index (κ2) is 6.30. The lowest BCUT2D eigenvalue weighted by molar-refractivity contribution is -0.137. The highest BCUT2D eigenvalue weighted by Gasteiger charge is 2.31. The first-order valence-corrected chi connectivity index (χ1v) is 7.41. The zero-order valence-corrected chi connectivity index (χ0v) is 12.9. The molecule has 0 aliphatic heterocycles. The lowest BCUT2D eigenvalue weighted by Crippen LogP contribution is -2.20. The first-order chi connectivity index (χ1) is 9.74. The number of allylic oxidation sites excluding steroid dienone is 2. The van der Waals surface area contributed by atoms with Gasteiger partial charge in [-0.1, -0.05) is 30.2 Å². The van der Waals surface area contributed by atoms with Gasteiger partial charge in [-0.25, -0.2) is 0 Å². The zero-order valence-electron chi connectivity index (χ0n) is 12.1. The molecule has 0 spiro atoms. The highest BCUT2D eigenvalue weighted by Crippen LogP contribution is 2.34. The summed E-state index contributed by atoms with van der Waals surface area (Å²) in [6, 6.07) is 3.59. The van der Waals surface area contributed by atoms with E-state index in [2.05, 4.69) is 25.2 Å². The van der Waals surface area contributed by atoms with Crippen molar-refractivity contribution in [3.05, 3.63) is 40.4 Å². The van der Waals surface area contributed by atoms with Crippen LogP contribution in [0.4, 0.5) is 18.9 Å². The number of alkyl halides is 3. The molecule has 1 aliphatic rings. The maximum absolute atomic E-state index is 12.8. The molecule has 2 unspecified atom stereocenters. The maximum atomic E-state index is 12.8. The number of hydrogen-bond donors (Lipinski definition) is 1. The second-order valence-corrected chi connectivity index (χ2v) is 6.34. The fourth-order valence-corrected chi connectivity index (χ4v) is 3.19. The molecule has 0 saturated heterocycles. The smallest absolute Gasteiger partial charge is 0.385 e. The van der Waals surface area contributed by atoms with Crippen LogP contribution in [-0.4, -0.2) is 6.54 Å². The van der Waals surface area contributed by atoms with Crippen molar-refractivity contribution < 1.29 is 13.2 Å². The van der Waals surface area contributed by atoms with Crippen molar-refractivity contribution >= 4 is 17.3 Å². The van der Waals surface area contributed by atoms with Gasteiger partial charge in [0.2, 0.25) is 0 Å². The summed E-state index contributed by atoms with van der Waals surface area (Å²) in [5, 5.41) is 3.19. The highest BCUT2D eigenvalue weighted by atomic mass is 35.5. The zero-order chi connectivity index (χ0) is 15.6. The Hall–Kier alpha value is -1.16. The molecular weight excluding hydrogens is 299 g/mol. The lowest BCUT2D eigenvalue weighted by atomic mass is 9.84. The van der Waals surface area contributed by atoms with Crippen molar-refractivity contribution in [2.75, 3.05) is 11.9 Å². The van der Waals surface area contributed by atoms with Gasteiger partial charge < -0.3 is 5.32 Å². The molecule has 0 amide bonds. The number of halogens is 4. The minimum absolute atomic E-state index is 0.0976. The predicted molar refractivity (Wildman–Crippen MR) is 80.6 cm³/mol. The molecule has 2 atom stereocenters. The van der Waals surface area contributed by atoms with Crippen LogP contribution in [0.15, 0.2) is 29.8 Å². The van der Waals surface area contributed by atoms with Gasteiger partial charge >= 0.3 is 6.18 Å². The van der Waals surface area contributed by atoms with E-state index in [1.165, 1.54) is 11.6 Å². The summed E-state index contributed by atoms with van der Waals surface area (Å²) in [4.78, 5) is 0. The van der Waals surface area contributed by atoms with Crippen LogP contribution in [0.2, 0.25) is 5.02 Å². The highest BCUT2D eigenvalue weighted by molar-refractivity contribution is 6.30. The monoisotopic (exact) mass is 317 g/mol. The molecule has 0 heterocycles. The van der Waals surface area contributed by atoms with Crippen molar-refractivity contribution in [1.29, 1.82) is 0 Å². The van der Waals surface area contributed by atoms with Crippen LogP contribution in [-0.2, 0) is 6.18 Å². The van der Waals surface area contributed by atoms with Crippen LogP contribution in [0.3, 0.4) is 0 Å². The van der Waals surface area contributed by atoms with E-state index in [9.17, 15) is 13.2 Å². The largest absolute Gasteiger partial charge is 0.416 e. The Morgan fingerprint density at radius 2 is 2.00 bits per heavy atom. The van der Waals surface area contributed by atoms with E-state index >= 15 is 0 Å². The molecule has 0 aromatic heterocycles. The number of rotatable bonds is 3. The number of benzene rings is 1. The van der Waals surface area contributed by atoms with Crippen LogP contribution in [0, 0.1) is 11.8 Å². The van der Waals surface area contributed by atoms with Gasteiger partial charge in [0.05, 0.1) is 5.56 Å². The average Bonchev–Trinajstić information content (AvgIpc) is 2.33. The van der Waals surface area contributed by atoms with Crippen molar-refractivity contribution in [3.63, 3.8) is 0 Å². The van der Waals surface area contributed by atoms with Crippen molar-refractivity contribution in [3.8, 4) is 0 Å². The van der Waals surface area contributed by atoms with Gasteiger partial charge in [-0.15, -0.1) is 0 Å². The molecule has 0 fully saturated rings. The molecule has 0 saturated carbocycles. The summed E-state index contributed by atoms with van der Waals surface area (Å²) in [6.45, 7) is 4.92. The average molecular weight is 318 g/mol. The number of anilines is 1. The predicted octanol–water partition coefficient (Wildman–Crippen LogP) is 5.76. The third-order valence-corrected chi connectivity index (χ3v) is 3.92. The van der Waals surface area contributed by atoms with E-state index in [1.54, 1.807) is 0 Å². The molecule has 0 radical (unpaired) electrons. The number of nitrogens with one attached hydrogen (secondary N) is 1. The van der Waals surface area contributed by atoms with E-state index < -0.39 is 11.7 Å². The second-order valence-electron chi connectivity index (χ2n) is 5.90. The van der Waals surface area contributed by atoms with Gasteiger partial charge in [0.15, 0.2) is 0 Å². The van der Waals surface area contributed by atoms with Gasteiger partial charge in [-0.3, -0.25) is 0 Å². The van der Waals surface area contributed by atoms with Gasteiger partial charge in [0.25, 0.3) is 0 Å². The third kappa shape index (κ3) is 4.67. The summed E-state index contributed by atoms with van der Waals surface area (Å²) >= 11 is 5.77. The number of hydrogen-bond acceptors (Lipinski definition) is 1. The lowest BCUT2D eigenvalue weighted by Gasteiger charge is -2.26. The fraction of sp³-hybridized carbons (Fsp3) is 0.500. The normalized spacial score (nSPS) is 22.9. The molecule has 5 heteroatoms. The standard InChI is InChI=1S/C16H19ClF3N/c1-10-3-11(2)5-12(4-10)9-21-15-7-13(16(18,19)20)6-14(17)8-15/h3,6-8,10,12,21H,4-5,9H2,1-2H3. The molecular formula is C16H19ClF3N. The summed E-state index contributed by atoms with van der Waals surface area (Å²) in [5.41, 5.74) is 1.06. The Labute approximate surface area is 128 Å². The van der Waals surface area contributed by atoms with Crippen molar-refractivity contribution in [2.24, 2.45) is 11.8 Å². The Morgan fingerprint density at radius 3 is 2.62 bits per heavy atom. The fourth-order valence-electron chi connectivity index (χ4n) is 2.96. The summed E-state index contributed by atoms with van der Waals surface area (Å²) in [7, 11) is 0. The van der Waals surface area contributed by atoms with E-state index in [0.717, 1.165) is 25.0 Å². The molecule has 1 nitrogen and oxygen atoms in total. The SMILES string of the molecule is CC1=CC(C)CC(CNc2cc(Cl)cc(C(F)(F)F)c2)C1. The minimum Gasteiger partial charge on any atom is -0.385 e. The maximum Gasteiger partial charge on any atom is 0.416 e. The molecule has 116 valence electrons. The van der Waals surface area contributed by atoms with Gasteiger partial charge in [-0.05, 0) is 49.8 Å². The summed E-state index contributed by atoms with van der Waals surface area (Å²) in [6.07, 6.45) is -0.0707. The van der Waals surface area contributed by atoms with Gasteiger partial charge in [0.1, 0.15) is 0 Å². The van der Waals surface area contributed by atoms with Crippen LogP contribution < -0.4 is 5.32 Å². The van der Waals surface area contributed by atoms with Crippen molar-refractivity contribution in [2.45, 2.75) is 32.9 Å².